The molecule has 0 saturated carbocycles. The van der Waals surface area contributed by atoms with Gasteiger partial charge in [-0.2, -0.15) is 0 Å². The maximum atomic E-state index is 11.8. The van der Waals surface area contributed by atoms with E-state index in [1.54, 1.807) is 0 Å². The number of halogens is 1. The molecule has 1 aromatic carbocycles. The quantitative estimate of drug-likeness (QED) is 0.919. The van der Waals surface area contributed by atoms with Crippen LogP contribution in [0.25, 0.3) is 0 Å². The zero-order valence-corrected chi connectivity index (χ0v) is 13.9. The van der Waals surface area contributed by atoms with Crippen molar-refractivity contribution >= 4 is 34.0 Å². The van der Waals surface area contributed by atoms with E-state index in [9.17, 15) is 4.79 Å². The van der Waals surface area contributed by atoms with Crippen molar-refractivity contribution in [2.75, 3.05) is 5.32 Å². The molecule has 1 aromatic heterocycles. The molecule has 0 aliphatic heterocycles. The monoisotopic (exact) mass is 323 g/mol. The molecule has 6 heteroatoms. The molecule has 4 nitrogen and oxygen atoms in total. The van der Waals surface area contributed by atoms with Crippen LogP contribution in [0.2, 0.25) is 5.02 Å². The van der Waals surface area contributed by atoms with Crippen LogP contribution in [0.1, 0.15) is 37.8 Å². The molecule has 2 rings (SSSR count). The summed E-state index contributed by atoms with van der Waals surface area (Å²) in [7, 11) is 0. The van der Waals surface area contributed by atoms with Crippen molar-refractivity contribution in [3.63, 3.8) is 0 Å². The second kappa shape index (κ2) is 6.54. The molecule has 1 amide bonds. The van der Waals surface area contributed by atoms with E-state index in [0.717, 1.165) is 10.6 Å². The van der Waals surface area contributed by atoms with Gasteiger partial charge in [0.25, 0.3) is 0 Å². The van der Waals surface area contributed by atoms with Gasteiger partial charge in [0.05, 0.1) is 0 Å². The average Bonchev–Trinajstić information content (AvgIpc) is 2.77. The second-order valence-electron chi connectivity index (χ2n) is 6.09. The molecule has 0 unspecified atom stereocenters. The molecular formula is C15H18ClN3OS. The van der Waals surface area contributed by atoms with Crippen molar-refractivity contribution in [1.29, 1.82) is 0 Å². The first-order valence-corrected chi connectivity index (χ1v) is 7.88. The number of carbonyl (C=O) groups excluding carboxylic acids is 1. The van der Waals surface area contributed by atoms with E-state index in [2.05, 4.69) is 15.5 Å². The number of aromatic nitrogens is 2. The smallest absolute Gasteiger partial charge is 0.226 e. The van der Waals surface area contributed by atoms with E-state index in [4.69, 9.17) is 11.6 Å². The van der Waals surface area contributed by atoms with Gasteiger partial charge in [-0.05, 0) is 23.1 Å². The number of hydrogen-bond acceptors (Lipinski definition) is 4. The third kappa shape index (κ3) is 5.44. The van der Waals surface area contributed by atoms with E-state index in [1.165, 1.54) is 11.3 Å². The molecule has 0 spiro atoms. The van der Waals surface area contributed by atoms with Crippen molar-refractivity contribution in [1.82, 2.24) is 10.2 Å². The summed E-state index contributed by atoms with van der Waals surface area (Å²) in [6, 6.07) is 7.62. The van der Waals surface area contributed by atoms with Gasteiger partial charge in [-0.15, -0.1) is 10.2 Å². The molecule has 0 bridgehead atoms. The number of benzene rings is 1. The summed E-state index contributed by atoms with van der Waals surface area (Å²) < 4.78 is 0. The minimum absolute atomic E-state index is 0.0308. The molecule has 0 atom stereocenters. The van der Waals surface area contributed by atoms with Crippen LogP contribution in [0, 0.1) is 5.41 Å². The molecular weight excluding hydrogens is 306 g/mol. The first kappa shape index (κ1) is 15.9. The lowest BCUT2D eigenvalue weighted by Crippen LogP contribution is -2.19. The van der Waals surface area contributed by atoms with Gasteiger partial charge in [-0.3, -0.25) is 4.79 Å². The third-order valence-electron chi connectivity index (χ3n) is 2.67. The number of hydrogen-bond donors (Lipinski definition) is 1. The maximum absolute atomic E-state index is 11.8. The Morgan fingerprint density at radius 3 is 2.52 bits per heavy atom. The second-order valence-corrected chi connectivity index (χ2v) is 7.59. The molecule has 0 radical (unpaired) electrons. The Morgan fingerprint density at radius 1 is 1.24 bits per heavy atom. The number of anilines is 1. The highest BCUT2D eigenvalue weighted by Crippen LogP contribution is 2.22. The van der Waals surface area contributed by atoms with Gasteiger partial charge in [-0.25, -0.2) is 0 Å². The molecule has 1 N–H and O–H groups in total. The van der Waals surface area contributed by atoms with Crippen LogP contribution in [0.4, 0.5) is 5.13 Å². The lowest BCUT2D eigenvalue weighted by Gasteiger charge is -2.16. The van der Waals surface area contributed by atoms with Crippen LogP contribution < -0.4 is 5.32 Å². The predicted octanol–water partition coefficient (Wildman–Crippen LogP) is 4.16. The lowest BCUT2D eigenvalue weighted by atomic mass is 9.92. The minimum Gasteiger partial charge on any atom is -0.301 e. The number of amides is 1. The van der Waals surface area contributed by atoms with Gasteiger partial charge in [0, 0.05) is 17.9 Å². The summed E-state index contributed by atoms with van der Waals surface area (Å²) in [5.41, 5.74) is 1.07. The van der Waals surface area contributed by atoms with Gasteiger partial charge < -0.3 is 5.32 Å². The Kier molecular flexibility index (Phi) is 4.96. The Labute approximate surface area is 133 Å². The van der Waals surface area contributed by atoms with Gasteiger partial charge in [-0.1, -0.05) is 55.8 Å². The fourth-order valence-corrected chi connectivity index (χ4v) is 2.71. The van der Waals surface area contributed by atoms with Crippen molar-refractivity contribution in [2.45, 2.75) is 33.6 Å². The highest BCUT2D eigenvalue weighted by Gasteiger charge is 2.17. The normalized spacial score (nSPS) is 11.4. The molecule has 0 fully saturated rings. The summed E-state index contributed by atoms with van der Waals surface area (Å²) in [4.78, 5) is 11.8. The van der Waals surface area contributed by atoms with Gasteiger partial charge in [0.2, 0.25) is 11.0 Å². The van der Waals surface area contributed by atoms with Crippen LogP contribution in [0.15, 0.2) is 24.3 Å². The first-order valence-electron chi connectivity index (χ1n) is 6.68. The molecule has 1 heterocycles. The lowest BCUT2D eigenvalue weighted by molar-refractivity contribution is -0.117. The SMILES string of the molecule is CC(C)(C)CC(=O)Nc1nnc(Cc2ccc(Cl)cc2)s1. The fourth-order valence-electron chi connectivity index (χ4n) is 1.80. The Hall–Kier alpha value is -1.46. The number of nitrogens with zero attached hydrogens (tertiary/aromatic N) is 2. The summed E-state index contributed by atoms with van der Waals surface area (Å²) in [6.45, 7) is 6.08. The molecule has 112 valence electrons. The highest BCUT2D eigenvalue weighted by atomic mass is 35.5. The molecule has 0 aliphatic carbocycles. The zero-order chi connectivity index (χ0) is 15.5. The Bertz CT molecular complexity index is 617. The first-order chi connectivity index (χ1) is 9.82. The van der Waals surface area contributed by atoms with Gasteiger partial charge in [0.1, 0.15) is 5.01 Å². The van der Waals surface area contributed by atoms with Crippen LogP contribution in [0.3, 0.4) is 0 Å². The third-order valence-corrected chi connectivity index (χ3v) is 3.76. The maximum Gasteiger partial charge on any atom is 0.226 e. The molecule has 2 aromatic rings. The summed E-state index contributed by atoms with van der Waals surface area (Å²) in [5.74, 6) is -0.0308. The standard InChI is InChI=1S/C15H18ClN3OS/c1-15(2,3)9-12(20)17-14-19-18-13(21-14)8-10-4-6-11(16)7-5-10/h4-7H,8-9H2,1-3H3,(H,17,19,20). The van der Waals surface area contributed by atoms with Gasteiger partial charge >= 0.3 is 0 Å². The van der Waals surface area contributed by atoms with Crippen LogP contribution in [-0.4, -0.2) is 16.1 Å². The minimum atomic E-state index is -0.0408. The van der Waals surface area contributed by atoms with E-state index in [-0.39, 0.29) is 11.3 Å². The largest absolute Gasteiger partial charge is 0.301 e. The van der Waals surface area contributed by atoms with E-state index < -0.39 is 0 Å². The van der Waals surface area contributed by atoms with Crippen molar-refractivity contribution < 1.29 is 4.79 Å². The molecule has 0 aliphatic rings. The Morgan fingerprint density at radius 2 is 1.90 bits per heavy atom. The van der Waals surface area contributed by atoms with Crippen molar-refractivity contribution in [3.05, 3.63) is 39.9 Å². The average molecular weight is 324 g/mol. The topological polar surface area (TPSA) is 54.9 Å². The summed E-state index contributed by atoms with van der Waals surface area (Å²) >= 11 is 7.26. The Balaban J connectivity index is 1.95. The van der Waals surface area contributed by atoms with Gasteiger partial charge in [0.15, 0.2) is 0 Å². The van der Waals surface area contributed by atoms with Crippen molar-refractivity contribution in [2.24, 2.45) is 5.41 Å². The van der Waals surface area contributed by atoms with E-state index >= 15 is 0 Å². The highest BCUT2D eigenvalue weighted by molar-refractivity contribution is 7.15. The summed E-state index contributed by atoms with van der Waals surface area (Å²) in [5, 5.41) is 13.0. The van der Waals surface area contributed by atoms with E-state index in [1.807, 2.05) is 45.0 Å². The van der Waals surface area contributed by atoms with E-state index in [0.29, 0.717) is 23.0 Å². The zero-order valence-electron chi connectivity index (χ0n) is 12.3. The fraction of sp³-hybridized carbons (Fsp3) is 0.400. The number of rotatable bonds is 4. The number of nitrogens with one attached hydrogen (secondary N) is 1. The van der Waals surface area contributed by atoms with Crippen molar-refractivity contribution in [3.8, 4) is 0 Å². The predicted molar refractivity (Wildman–Crippen MR) is 86.9 cm³/mol. The number of carbonyl (C=O) groups is 1. The van der Waals surface area contributed by atoms with Crippen LogP contribution in [-0.2, 0) is 11.2 Å². The molecule has 0 saturated heterocycles. The van der Waals surface area contributed by atoms with Crippen LogP contribution in [0.5, 0.6) is 0 Å². The molecule has 21 heavy (non-hydrogen) atoms. The summed E-state index contributed by atoms with van der Waals surface area (Å²) in [6.07, 6.45) is 1.14. The van der Waals surface area contributed by atoms with Crippen LogP contribution >= 0.6 is 22.9 Å².